The summed E-state index contributed by atoms with van der Waals surface area (Å²) < 4.78 is 0. The minimum Gasteiger partial charge on any atom is -0.0843 e. The van der Waals surface area contributed by atoms with Crippen molar-refractivity contribution in [2.75, 3.05) is 0 Å². The second-order valence-corrected chi connectivity index (χ2v) is 6.11. The van der Waals surface area contributed by atoms with Crippen molar-refractivity contribution < 1.29 is 0 Å². The van der Waals surface area contributed by atoms with Gasteiger partial charge in [0.15, 0.2) is 0 Å². The number of benzene rings is 1. The van der Waals surface area contributed by atoms with Crippen LogP contribution in [0.15, 0.2) is 24.3 Å². The molecular weight excluding hydrogens is 228 g/mol. The third-order valence-corrected chi connectivity index (χ3v) is 5.12. The van der Waals surface area contributed by atoms with E-state index < -0.39 is 0 Å². The third-order valence-electron chi connectivity index (χ3n) is 4.87. The standard InChI is InChI=1S/C16H20Cl/c17-15-9-7-14(8-10-15)16(11-3-4-12-16)13-5-1-2-6-13/h1,7-10,13H,2-6,11-12H2. The van der Waals surface area contributed by atoms with Crippen LogP contribution in [0, 0.1) is 12.3 Å². The van der Waals surface area contributed by atoms with E-state index in [0.717, 1.165) is 10.9 Å². The first-order valence-electron chi connectivity index (χ1n) is 6.89. The molecule has 1 atom stereocenters. The van der Waals surface area contributed by atoms with E-state index in [2.05, 4.69) is 30.7 Å². The maximum absolute atomic E-state index is 6.02. The van der Waals surface area contributed by atoms with Crippen molar-refractivity contribution in [1.82, 2.24) is 0 Å². The van der Waals surface area contributed by atoms with Crippen LogP contribution in [0.3, 0.4) is 0 Å². The highest BCUT2D eigenvalue weighted by Gasteiger charge is 2.43. The van der Waals surface area contributed by atoms with E-state index in [4.69, 9.17) is 11.6 Å². The van der Waals surface area contributed by atoms with Gasteiger partial charge in [-0.1, -0.05) is 36.6 Å². The Morgan fingerprint density at radius 1 is 1.06 bits per heavy atom. The van der Waals surface area contributed by atoms with E-state index in [-0.39, 0.29) is 0 Å². The predicted octanol–water partition coefficient (Wildman–Crippen LogP) is 5.16. The number of hydrogen-bond acceptors (Lipinski definition) is 0. The summed E-state index contributed by atoms with van der Waals surface area (Å²) in [5.41, 5.74) is 2.01. The Morgan fingerprint density at radius 3 is 2.35 bits per heavy atom. The van der Waals surface area contributed by atoms with Crippen molar-refractivity contribution in [2.45, 2.75) is 50.4 Å². The largest absolute Gasteiger partial charge is 0.0843 e. The summed E-state index contributed by atoms with van der Waals surface area (Å²) in [6.07, 6.45) is 12.1. The summed E-state index contributed by atoms with van der Waals surface area (Å²) in [4.78, 5) is 0. The fourth-order valence-electron chi connectivity index (χ4n) is 3.98. The van der Waals surface area contributed by atoms with Crippen molar-refractivity contribution in [2.24, 2.45) is 5.92 Å². The van der Waals surface area contributed by atoms with Gasteiger partial charge in [-0.25, -0.2) is 0 Å². The first-order chi connectivity index (χ1) is 8.31. The molecule has 3 rings (SSSR count). The fraction of sp³-hybridized carbons (Fsp3) is 0.562. The maximum atomic E-state index is 6.02. The molecule has 2 aliphatic carbocycles. The lowest BCUT2D eigenvalue weighted by molar-refractivity contribution is 0.279. The zero-order chi connectivity index (χ0) is 11.7. The van der Waals surface area contributed by atoms with Gasteiger partial charge in [-0.2, -0.15) is 0 Å². The molecule has 0 aliphatic heterocycles. The van der Waals surface area contributed by atoms with Crippen LogP contribution in [0.25, 0.3) is 0 Å². The van der Waals surface area contributed by atoms with Gasteiger partial charge in [0.25, 0.3) is 0 Å². The summed E-state index contributed by atoms with van der Waals surface area (Å²) in [6, 6.07) is 8.67. The third kappa shape index (κ3) is 2.01. The lowest BCUT2D eigenvalue weighted by Crippen LogP contribution is -2.30. The first-order valence-corrected chi connectivity index (χ1v) is 7.27. The molecule has 1 aromatic rings. The molecule has 91 valence electrons. The van der Waals surface area contributed by atoms with E-state index in [1.54, 1.807) is 5.56 Å². The first kappa shape index (κ1) is 11.6. The van der Waals surface area contributed by atoms with Crippen molar-refractivity contribution in [3.05, 3.63) is 41.3 Å². The zero-order valence-electron chi connectivity index (χ0n) is 10.3. The topological polar surface area (TPSA) is 0 Å². The molecule has 2 saturated carbocycles. The van der Waals surface area contributed by atoms with Gasteiger partial charge in [0.2, 0.25) is 0 Å². The van der Waals surface area contributed by atoms with Crippen LogP contribution < -0.4 is 0 Å². The van der Waals surface area contributed by atoms with Gasteiger partial charge in [-0.05, 0) is 67.6 Å². The van der Waals surface area contributed by atoms with E-state index in [9.17, 15) is 0 Å². The molecule has 0 heterocycles. The molecule has 1 unspecified atom stereocenters. The molecule has 0 nitrogen and oxygen atoms in total. The molecule has 1 radical (unpaired) electrons. The van der Waals surface area contributed by atoms with Crippen molar-refractivity contribution in [1.29, 1.82) is 0 Å². The highest BCUT2D eigenvalue weighted by atomic mass is 35.5. The molecular formula is C16H20Cl. The van der Waals surface area contributed by atoms with Gasteiger partial charge in [0, 0.05) is 5.02 Å². The second kappa shape index (κ2) is 4.65. The Labute approximate surface area is 109 Å². The SMILES string of the molecule is Clc1ccc(C2(C3C[CH]CC3)CCCC2)cc1. The molecule has 0 N–H and O–H groups in total. The Kier molecular flexibility index (Phi) is 3.17. The van der Waals surface area contributed by atoms with Crippen molar-refractivity contribution in [3.8, 4) is 0 Å². The average Bonchev–Trinajstić information content (AvgIpc) is 3.01. The monoisotopic (exact) mass is 247 g/mol. The normalized spacial score (nSPS) is 24.3. The second-order valence-electron chi connectivity index (χ2n) is 5.67. The molecule has 1 heteroatoms. The van der Waals surface area contributed by atoms with E-state index in [1.807, 2.05) is 0 Å². The Bertz CT molecular complexity index is 367. The fourth-order valence-corrected chi connectivity index (χ4v) is 4.10. The van der Waals surface area contributed by atoms with Crippen LogP contribution in [0.5, 0.6) is 0 Å². The quantitative estimate of drug-likeness (QED) is 0.678. The highest BCUT2D eigenvalue weighted by molar-refractivity contribution is 6.30. The predicted molar refractivity (Wildman–Crippen MR) is 73.2 cm³/mol. The average molecular weight is 248 g/mol. The molecule has 0 spiro atoms. The van der Waals surface area contributed by atoms with Crippen LogP contribution in [-0.4, -0.2) is 0 Å². The van der Waals surface area contributed by atoms with Crippen molar-refractivity contribution >= 4 is 11.6 Å². The Hall–Kier alpha value is -0.490. The van der Waals surface area contributed by atoms with Gasteiger partial charge >= 0.3 is 0 Å². The van der Waals surface area contributed by atoms with Gasteiger partial charge < -0.3 is 0 Å². The van der Waals surface area contributed by atoms with Gasteiger partial charge in [-0.15, -0.1) is 0 Å². The Balaban J connectivity index is 1.95. The summed E-state index contributed by atoms with van der Waals surface area (Å²) in [6.45, 7) is 0. The summed E-state index contributed by atoms with van der Waals surface area (Å²) in [7, 11) is 0. The molecule has 1 aromatic carbocycles. The molecule has 2 aliphatic rings. The smallest absolute Gasteiger partial charge is 0.0406 e. The zero-order valence-corrected chi connectivity index (χ0v) is 11.0. The Morgan fingerprint density at radius 2 is 1.76 bits per heavy atom. The number of hydrogen-bond donors (Lipinski definition) is 0. The molecule has 2 fully saturated rings. The molecule has 17 heavy (non-hydrogen) atoms. The lowest BCUT2D eigenvalue weighted by atomic mass is 9.68. The summed E-state index contributed by atoms with van der Waals surface area (Å²) >= 11 is 6.02. The molecule has 0 bridgehead atoms. The minimum atomic E-state index is 0.470. The van der Waals surface area contributed by atoms with E-state index >= 15 is 0 Å². The van der Waals surface area contributed by atoms with Gasteiger partial charge in [-0.3, -0.25) is 0 Å². The minimum absolute atomic E-state index is 0.470. The summed E-state index contributed by atoms with van der Waals surface area (Å²) in [5, 5.41) is 0.861. The van der Waals surface area contributed by atoms with E-state index in [0.29, 0.717) is 5.41 Å². The molecule has 0 aromatic heterocycles. The van der Waals surface area contributed by atoms with Crippen LogP contribution >= 0.6 is 11.6 Å². The highest BCUT2D eigenvalue weighted by Crippen LogP contribution is 2.51. The van der Waals surface area contributed by atoms with Crippen molar-refractivity contribution in [3.63, 3.8) is 0 Å². The van der Waals surface area contributed by atoms with Crippen LogP contribution in [0.1, 0.15) is 50.5 Å². The number of halogens is 1. The van der Waals surface area contributed by atoms with E-state index in [1.165, 1.54) is 44.9 Å². The van der Waals surface area contributed by atoms with Gasteiger partial charge in [0.1, 0.15) is 0 Å². The number of rotatable bonds is 2. The summed E-state index contributed by atoms with van der Waals surface area (Å²) in [5.74, 6) is 0.881. The molecule has 0 saturated heterocycles. The van der Waals surface area contributed by atoms with Crippen LogP contribution in [-0.2, 0) is 5.41 Å². The van der Waals surface area contributed by atoms with Crippen LogP contribution in [0.4, 0.5) is 0 Å². The lowest BCUT2D eigenvalue weighted by Gasteiger charge is -2.36. The molecule has 0 amide bonds. The van der Waals surface area contributed by atoms with Crippen LogP contribution in [0.2, 0.25) is 5.02 Å². The van der Waals surface area contributed by atoms with Gasteiger partial charge in [0.05, 0.1) is 0 Å². The maximum Gasteiger partial charge on any atom is 0.0406 e.